The lowest BCUT2D eigenvalue weighted by Gasteiger charge is -2.19. The summed E-state index contributed by atoms with van der Waals surface area (Å²) in [6, 6.07) is 7.60. The summed E-state index contributed by atoms with van der Waals surface area (Å²) in [7, 11) is 1.73. The van der Waals surface area contributed by atoms with Crippen molar-refractivity contribution in [3.63, 3.8) is 0 Å². The van der Waals surface area contributed by atoms with Crippen LogP contribution in [-0.4, -0.2) is 30.7 Å². The van der Waals surface area contributed by atoms with Gasteiger partial charge in [-0.2, -0.15) is 0 Å². The molecule has 0 aliphatic heterocycles. The van der Waals surface area contributed by atoms with Crippen molar-refractivity contribution in [1.82, 2.24) is 5.32 Å². The Kier molecular flexibility index (Phi) is 6.72. The van der Waals surface area contributed by atoms with Gasteiger partial charge < -0.3 is 10.4 Å². The second kappa shape index (κ2) is 8.29. The molecule has 0 spiro atoms. The molecule has 0 aliphatic carbocycles. The van der Waals surface area contributed by atoms with Gasteiger partial charge in [0.1, 0.15) is 0 Å². The third-order valence-electron chi connectivity index (χ3n) is 3.46. The van der Waals surface area contributed by atoms with E-state index in [9.17, 15) is 9.59 Å². The molecular weight excluding hydrogens is 268 g/mol. The average Bonchev–Trinajstić information content (AvgIpc) is 2.44. The van der Waals surface area contributed by atoms with Crippen molar-refractivity contribution >= 4 is 17.7 Å². The summed E-state index contributed by atoms with van der Waals surface area (Å²) in [4.78, 5) is 24.1. The van der Waals surface area contributed by atoms with Gasteiger partial charge in [-0.3, -0.25) is 9.69 Å². The molecule has 0 aliphatic rings. The molecule has 21 heavy (non-hydrogen) atoms. The van der Waals surface area contributed by atoms with E-state index < -0.39 is 5.97 Å². The Balaban J connectivity index is 2.35. The highest BCUT2D eigenvalue weighted by atomic mass is 16.4. The van der Waals surface area contributed by atoms with Crippen LogP contribution in [0, 0.1) is 12.8 Å². The third kappa shape index (κ3) is 6.29. The summed E-state index contributed by atoms with van der Waals surface area (Å²) in [6.45, 7) is 4.54. The minimum absolute atomic E-state index is 0.147. The van der Waals surface area contributed by atoms with Gasteiger partial charge >= 0.3 is 12.0 Å². The average molecular weight is 292 g/mol. The summed E-state index contributed by atoms with van der Waals surface area (Å²) in [6.07, 6.45) is 1.60. The van der Waals surface area contributed by atoms with Crippen LogP contribution >= 0.6 is 0 Å². The van der Waals surface area contributed by atoms with Gasteiger partial charge in [-0.05, 0) is 43.4 Å². The number of carbonyl (C=O) groups is 2. The fourth-order valence-corrected chi connectivity index (χ4v) is 2.01. The zero-order chi connectivity index (χ0) is 15.8. The van der Waals surface area contributed by atoms with Crippen LogP contribution in [0.5, 0.6) is 0 Å². The summed E-state index contributed by atoms with van der Waals surface area (Å²) in [5.74, 6) is -0.490. The van der Waals surface area contributed by atoms with Crippen LogP contribution in [0.25, 0.3) is 0 Å². The molecule has 0 saturated heterocycles. The summed E-state index contributed by atoms with van der Waals surface area (Å²) in [5.41, 5.74) is 1.96. The molecule has 1 aromatic carbocycles. The maximum absolute atomic E-state index is 12.0. The number of nitrogens with one attached hydrogen (secondary N) is 1. The number of aryl methyl sites for hydroxylation is 1. The molecule has 5 nitrogen and oxygen atoms in total. The van der Waals surface area contributed by atoms with Crippen LogP contribution in [0.4, 0.5) is 10.5 Å². The standard InChI is InChI=1S/C16H24N2O3/c1-12(7-8-15(19)20)9-10-17-16(21)18(3)14-6-4-5-13(2)11-14/h4-6,11-12H,7-10H2,1-3H3,(H,17,21)(H,19,20). The zero-order valence-corrected chi connectivity index (χ0v) is 12.9. The number of hydrogen-bond donors (Lipinski definition) is 2. The monoisotopic (exact) mass is 292 g/mol. The lowest BCUT2D eigenvalue weighted by atomic mass is 10.0. The highest BCUT2D eigenvalue weighted by molar-refractivity contribution is 5.91. The van der Waals surface area contributed by atoms with Crippen molar-refractivity contribution in [2.75, 3.05) is 18.5 Å². The molecule has 0 aromatic heterocycles. The molecule has 1 rings (SSSR count). The van der Waals surface area contributed by atoms with E-state index in [1.807, 2.05) is 38.1 Å². The lowest BCUT2D eigenvalue weighted by molar-refractivity contribution is -0.137. The van der Waals surface area contributed by atoms with Crippen LogP contribution in [0.3, 0.4) is 0 Å². The molecule has 116 valence electrons. The van der Waals surface area contributed by atoms with Crippen molar-refractivity contribution in [3.05, 3.63) is 29.8 Å². The number of carboxylic acid groups (broad SMARTS) is 1. The van der Waals surface area contributed by atoms with Crippen molar-refractivity contribution in [1.29, 1.82) is 0 Å². The van der Waals surface area contributed by atoms with E-state index in [4.69, 9.17) is 5.11 Å². The first-order valence-electron chi connectivity index (χ1n) is 7.20. The van der Waals surface area contributed by atoms with Crippen LogP contribution in [0.1, 0.15) is 31.7 Å². The van der Waals surface area contributed by atoms with Gasteiger partial charge in [-0.1, -0.05) is 19.1 Å². The molecule has 2 N–H and O–H groups in total. The summed E-state index contributed by atoms with van der Waals surface area (Å²) >= 11 is 0. The number of hydrogen-bond acceptors (Lipinski definition) is 2. The Morgan fingerprint density at radius 1 is 1.33 bits per heavy atom. The highest BCUT2D eigenvalue weighted by Gasteiger charge is 2.11. The number of anilines is 1. The molecule has 5 heteroatoms. The number of carbonyl (C=O) groups excluding carboxylic acids is 1. The molecule has 0 radical (unpaired) electrons. The van der Waals surface area contributed by atoms with Crippen molar-refractivity contribution in [2.24, 2.45) is 5.92 Å². The molecule has 0 heterocycles. The van der Waals surface area contributed by atoms with Crippen molar-refractivity contribution < 1.29 is 14.7 Å². The Bertz CT molecular complexity index is 488. The van der Waals surface area contributed by atoms with E-state index in [0.717, 1.165) is 17.7 Å². The van der Waals surface area contributed by atoms with Gasteiger partial charge in [0, 0.05) is 25.7 Å². The maximum atomic E-state index is 12.0. The van der Waals surface area contributed by atoms with Gasteiger partial charge in [0.05, 0.1) is 0 Å². The molecular formula is C16H24N2O3. The Hall–Kier alpha value is -2.04. The van der Waals surface area contributed by atoms with E-state index in [-0.39, 0.29) is 18.4 Å². The zero-order valence-electron chi connectivity index (χ0n) is 12.9. The second-order valence-corrected chi connectivity index (χ2v) is 5.46. The van der Waals surface area contributed by atoms with Crippen LogP contribution in [-0.2, 0) is 4.79 Å². The molecule has 0 saturated carbocycles. The van der Waals surface area contributed by atoms with E-state index in [1.54, 1.807) is 11.9 Å². The number of nitrogens with zero attached hydrogens (tertiary/aromatic N) is 1. The van der Waals surface area contributed by atoms with Crippen molar-refractivity contribution in [3.8, 4) is 0 Å². The first-order chi connectivity index (χ1) is 9.90. The first kappa shape index (κ1) is 17.0. The number of aliphatic carboxylic acids is 1. The quantitative estimate of drug-likeness (QED) is 0.811. The second-order valence-electron chi connectivity index (χ2n) is 5.46. The minimum atomic E-state index is -0.773. The molecule has 0 bridgehead atoms. The van der Waals surface area contributed by atoms with Gasteiger partial charge in [-0.25, -0.2) is 4.79 Å². The topological polar surface area (TPSA) is 69.6 Å². The predicted octanol–water partition coefficient (Wildman–Crippen LogP) is 3.03. The number of rotatable bonds is 7. The largest absolute Gasteiger partial charge is 0.481 e. The molecule has 0 fully saturated rings. The smallest absolute Gasteiger partial charge is 0.321 e. The highest BCUT2D eigenvalue weighted by Crippen LogP contribution is 2.14. The van der Waals surface area contributed by atoms with E-state index in [0.29, 0.717) is 13.0 Å². The van der Waals surface area contributed by atoms with Gasteiger partial charge in [0.15, 0.2) is 0 Å². The lowest BCUT2D eigenvalue weighted by Crippen LogP contribution is -2.38. The fraction of sp³-hybridized carbons (Fsp3) is 0.500. The Morgan fingerprint density at radius 3 is 2.67 bits per heavy atom. The summed E-state index contributed by atoms with van der Waals surface area (Å²) < 4.78 is 0. The molecule has 1 aromatic rings. The summed E-state index contributed by atoms with van der Waals surface area (Å²) in [5, 5.41) is 11.5. The first-order valence-corrected chi connectivity index (χ1v) is 7.20. The number of benzene rings is 1. The molecule has 1 atom stereocenters. The fourth-order valence-electron chi connectivity index (χ4n) is 2.01. The van der Waals surface area contributed by atoms with Crippen molar-refractivity contribution in [2.45, 2.75) is 33.1 Å². The van der Waals surface area contributed by atoms with E-state index in [2.05, 4.69) is 5.32 Å². The van der Waals surface area contributed by atoms with E-state index in [1.165, 1.54) is 0 Å². The van der Waals surface area contributed by atoms with Crippen LogP contribution < -0.4 is 10.2 Å². The molecule has 1 unspecified atom stereocenters. The molecule has 2 amide bonds. The Morgan fingerprint density at radius 2 is 2.05 bits per heavy atom. The minimum Gasteiger partial charge on any atom is -0.481 e. The SMILES string of the molecule is Cc1cccc(N(C)C(=O)NCCC(C)CCC(=O)O)c1. The van der Waals surface area contributed by atoms with Crippen LogP contribution in [0.2, 0.25) is 0 Å². The van der Waals surface area contributed by atoms with Gasteiger partial charge in [-0.15, -0.1) is 0 Å². The van der Waals surface area contributed by atoms with Gasteiger partial charge in [0.25, 0.3) is 0 Å². The number of carboxylic acids is 1. The third-order valence-corrected chi connectivity index (χ3v) is 3.46. The van der Waals surface area contributed by atoms with E-state index >= 15 is 0 Å². The number of urea groups is 1. The normalized spacial score (nSPS) is 11.8. The van der Waals surface area contributed by atoms with Crippen LogP contribution in [0.15, 0.2) is 24.3 Å². The van der Waals surface area contributed by atoms with Gasteiger partial charge in [0.2, 0.25) is 0 Å². The number of amides is 2. The predicted molar refractivity (Wildman–Crippen MR) is 83.6 cm³/mol. The Labute approximate surface area is 126 Å². The maximum Gasteiger partial charge on any atom is 0.321 e.